The number of aliphatic hydroxyl groups is 1. The zero-order valence-corrected chi connectivity index (χ0v) is 60.8. The minimum atomic E-state index is 0.355. The molecule has 1 aromatic carbocycles. The van der Waals surface area contributed by atoms with Gasteiger partial charge in [-0.25, -0.2) is 0 Å². The van der Waals surface area contributed by atoms with Gasteiger partial charge in [0, 0.05) is 6.61 Å². The minimum absolute atomic E-state index is 0.355. The van der Waals surface area contributed by atoms with Crippen molar-refractivity contribution >= 4 is 0 Å². The van der Waals surface area contributed by atoms with E-state index in [1.807, 2.05) is 27.7 Å². The number of rotatable bonds is 53. The van der Waals surface area contributed by atoms with E-state index in [1.165, 1.54) is 334 Å². The van der Waals surface area contributed by atoms with Crippen molar-refractivity contribution in [2.24, 2.45) is 29.6 Å². The normalized spacial score (nSPS) is 14.5. The van der Waals surface area contributed by atoms with Gasteiger partial charge in [0.25, 0.3) is 0 Å². The number of unbranched alkanes of at least 4 members (excludes halogenated alkanes) is 43. The van der Waals surface area contributed by atoms with Crippen LogP contribution in [0, 0.1) is 29.6 Å². The van der Waals surface area contributed by atoms with Gasteiger partial charge in [0.05, 0.1) is 0 Å². The Labute approximate surface area is 525 Å². The average Bonchev–Trinajstić information content (AvgIpc) is 4.48. The van der Waals surface area contributed by atoms with Crippen LogP contribution in [0.2, 0.25) is 0 Å². The highest BCUT2D eigenvalue weighted by Crippen LogP contribution is 2.50. The van der Waals surface area contributed by atoms with Crippen LogP contribution in [0.4, 0.5) is 0 Å². The number of benzene rings is 1. The summed E-state index contributed by atoms with van der Waals surface area (Å²) in [5, 5.41) is 9.53. The van der Waals surface area contributed by atoms with Crippen LogP contribution in [-0.2, 0) is 0 Å². The third-order valence-electron chi connectivity index (χ3n) is 17.6. The van der Waals surface area contributed by atoms with E-state index in [0.717, 1.165) is 23.7 Å². The SMILES string of the molecule is CC.CC.CCCCCC.CCCCCCC.CCCCCCCCC.CCCCCCCCCCCCCCCCC(C)CC(c1ccccc1)C(C)CC1CC1C(C)CO.CCCCCCCCCCCCCCCCCCCC. The van der Waals surface area contributed by atoms with Crippen molar-refractivity contribution in [3.8, 4) is 0 Å². The van der Waals surface area contributed by atoms with Crippen LogP contribution in [-0.4, -0.2) is 11.7 Å². The Morgan fingerprint density at radius 3 is 0.829 bits per heavy atom. The van der Waals surface area contributed by atoms with Crippen molar-refractivity contribution in [3.05, 3.63) is 35.9 Å². The van der Waals surface area contributed by atoms with Crippen molar-refractivity contribution in [3.63, 3.8) is 0 Å². The van der Waals surface area contributed by atoms with Crippen LogP contribution in [0.1, 0.15) is 456 Å². The standard InChI is InChI=1S/C35H62O.C20H42.C9H20.C7H16.C6H14.2C2H6/c1-5-6-7-8-9-10-11-12-13-14-15-16-17-19-22-29(2)25-34(32-23-20-18-21-24-32)30(3)26-33-27-35(33)31(4)28-36;1-3-5-7-9-11-13-15-17-19-20-18-16-14-12-10-8-6-4-2;1-3-5-7-9-8-6-4-2;1-3-5-7-6-4-2;1-3-5-6-4-2;2*1-2/h18,20-21,23-24,29-31,33-36H,5-17,19,22,25-28H2,1-4H3;3-20H2,1-2H3;3-9H2,1-2H3;3-7H2,1-2H3;3-6H2,1-2H3;2*1-2H3. The molecule has 1 aromatic rings. The molecule has 82 heavy (non-hydrogen) atoms. The topological polar surface area (TPSA) is 20.2 Å². The maximum atomic E-state index is 9.53. The maximum absolute atomic E-state index is 9.53. The van der Waals surface area contributed by atoms with Crippen molar-refractivity contribution < 1.29 is 5.11 Å². The maximum Gasteiger partial charge on any atom is 0.0459 e. The van der Waals surface area contributed by atoms with Gasteiger partial charge in [0.15, 0.2) is 0 Å². The molecule has 0 bridgehead atoms. The van der Waals surface area contributed by atoms with Gasteiger partial charge < -0.3 is 5.11 Å². The molecule has 0 aliphatic heterocycles. The molecular weight excluding hydrogens is 989 g/mol. The van der Waals surface area contributed by atoms with Crippen LogP contribution in [0.3, 0.4) is 0 Å². The molecule has 1 fully saturated rings. The summed E-state index contributed by atoms with van der Waals surface area (Å²) in [6.45, 7) is 36.0. The first kappa shape index (κ1) is 89.9. The average molecular weight is 1160 g/mol. The molecule has 496 valence electrons. The van der Waals surface area contributed by atoms with E-state index >= 15 is 0 Å². The molecule has 0 aromatic heterocycles. The van der Waals surface area contributed by atoms with E-state index < -0.39 is 0 Å². The van der Waals surface area contributed by atoms with Crippen LogP contribution in [0.15, 0.2) is 30.3 Å². The molecule has 1 heteroatoms. The molecule has 1 saturated carbocycles. The first-order valence-electron chi connectivity index (χ1n) is 38.9. The van der Waals surface area contributed by atoms with Gasteiger partial charge in [-0.3, -0.25) is 0 Å². The third-order valence-corrected chi connectivity index (χ3v) is 17.6. The molecule has 0 heterocycles. The Balaban J connectivity index is -0.000000357. The van der Waals surface area contributed by atoms with Gasteiger partial charge >= 0.3 is 0 Å². The van der Waals surface area contributed by atoms with Gasteiger partial charge in [-0.05, 0) is 60.3 Å². The second-order valence-electron chi connectivity index (χ2n) is 26.0. The van der Waals surface area contributed by atoms with E-state index in [2.05, 4.69) is 113 Å². The lowest BCUT2D eigenvalue weighted by atomic mass is 9.77. The van der Waals surface area contributed by atoms with E-state index in [1.54, 1.807) is 5.56 Å². The van der Waals surface area contributed by atoms with Crippen LogP contribution in [0.5, 0.6) is 0 Å². The molecule has 1 nitrogen and oxygen atoms in total. The summed E-state index contributed by atoms with van der Waals surface area (Å²) in [6, 6.07) is 11.3. The number of aliphatic hydroxyl groups excluding tert-OH is 1. The van der Waals surface area contributed by atoms with Crippen molar-refractivity contribution in [2.45, 2.75) is 451 Å². The Kier molecular flexibility index (Phi) is 90.2. The largest absolute Gasteiger partial charge is 0.396 e. The zero-order valence-electron chi connectivity index (χ0n) is 60.8. The lowest BCUT2D eigenvalue weighted by molar-refractivity contribution is 0.213. The predicted molar refractivity (Wildman–Crippen MR) is 385 cm³/mol. The molecule has 1 N–H and O–H groups in total. The Hall–Kier alpha value is -0.820. The highest BCUT2D eigenvalue weighted by Gasteiger charge is 2.42. The quantitative estimate of drug-likeness (QED) is 0.0645. The molecule has 0 spiro atoms. The Morgan fingerprint density at radius 1 is 0.341 bits per heavy atom. The van der Waals surface area contributed by atoms with Crippen LogP contribution < -0.4 is 0 Å². The van der Waals surface area contributed by atoms with Crippen LogP contribution >= 0.6 is 0 Å². The molecule has 1 aliphatic carbocycles. The van der Waals surface area contributed by atoms with Crippen molar-refractivity contribution in [1.82, 2.24) is 0 Å². The zero-order chi connectivity index (χ0) is 62.1. The second-order valence-corrected chi connectivity index (χ2v) is 26.0. The summed E-state index contributed by atoms with van der Waals surface area (Å²) in [5.74, 6) is 4.31. The minimum Gasteiger partial charge on any atom is -0.396 e. The molecule has 0 amide bonds. The lowest BCUT2D eigenvalue weighted by Gasteiger charge is -2.28. The summed E-state index contributed by atoms with van der Waals surface area (Å²) in [6.07, 6.45) is 74.5. The molecule has 6 unspecified atom stereocenters. The van der Waals surface area contributed by atoms with Crippen molar-refractivity contribution in [2.75, 3.05) is 6.61 Å². The summed E-state index contributed by atoms with van der Waals surface area (Å²) in [4.78, 5) is 0. The molecule has 2 rings (SSSR count). The summed E-state index contributed by atoms with van der Waals surface area (Å²) in [5.41, 5.74) is 1.55. The fraction of sp³-hybridized carbons (Fsp3) is 0.926. The fourth-order valence-electron chi connectivity index (χ4n) is 11.8. The van der Waals surface area contributed by atoms with E-state index in [-0.39, 0.29) is 0 Å². The number of hydrogen-bond donors (Lipinski definition) is 1. The summed E-state index contributed by atoms with van der Waals surface area (Å²) in [7, 11) is 0. The highest BCUT2D eigenvalue weighted by molar-refractivity contribution is 5.20. The van der Waals surface area contributed by atoms with Gasteiger partial charge in [0.2, 0.25) is 0 Å². The second kappa shape index (κ2) is 82.2. The van der Waals surface area contributed by atoms with Gasteiger partial charge in [-0.1, -0.05) is 456 Å². The third kappa shape index (κ3) is 73.4. The summed E-state index contributed by atoms with van der Waals surface area (Å²) >= 11 is 0. The number of hydrogen-bond acceptors (Lipinski definition) is 1. The Morgan fingerprint density at radius 2 is 0.573 bits per heavy atom. The smallest absolute Gasteiger partial charge is 0.0459 e. The predicted octanol–water partition coefficient (Wildman–Crippen LogP) is 30.4. The Bertz CT molecular complexity index is 1110. The van der Waals surface area contributed by atoms with Gasteiger partial charge in [-0.15, -0.1) is 0 Å². The molecule has 1 aliphatic rings. The van der Waals surface area contributed by atoms with Gasteiger partial charge in [0.1, 0.15) is 0 Å². The molecule has 0 radical (unpaired) electrons. The van der Waals surface area contributed by atoms with E-state index in [4.69, 9.17) is 0 Å². The van der Waals surface area contributed by atoms with E-state index in [0.29, 0.717) is 18.4 Å². The first-order chi connectivity index (χ1) is 40.2. The molecular formula is C81H166O. The summed E-state index contributed by atoms with van der Waals surface area (Å²) < 4.78 is 0. The van der Waals surface area contributed by atoms with Gasteiger partial charge in [-0.2, -0.15) is 0 Å². The molecule has 0 saturated heterocycles. The van der Waals surface area contributed by atoms with E-state index in [9.17, 15) is 5.11 Å². The van der Waals surface area contributed by atoms with Crippen LogP contribution in [0.25, 0.3) is 0 Å². The lowest BCUT2D eigenvalue weighted by Crippen LogP contribution is -2.15. The fourth-order valence-corrected chi connectivity index (χ4v) is 11.8. The first-order valence-corrected chi connectivity index (χ1v) is 38.9. The highest BCUT2D eigenvalue weighted by atomic mass is 16.3. The monoisotopic (exact) mass is 1160 g/mol. The molecule has 6 atom stereocenters. The van der Waals surface area contributed by atoms with Crippen molar-refractivity contribution in [1.29, 1.82) is 0 Å².